The van der Waals surface area contributed by atoms with Crippen molar-refractivity contribution in [2.75, 3.05) is 13.2 Å². The molecule has 5 nitrogen and oxygen atoms in total. The molecule has 5 heteroatoms. The maximum atomic E-state index is 12.7. The molecular formula is C18H22O5. The summed E-state index contributed by atoms with van der Waals surface area (Å²) < 4.78 is 10.3. The van der Waals surface area contributed by atoms with Crippen LogP contribution in [-0.2, 0) is 23.9 Å². The summed E-state index contributed by atoms with van der Waals surface area (Å²) >= 11 is 0. The molecule has 2 atom stereocenters. The fourth-order valence-electron chi connectivity index (χ4n) is 4.21. The van der Waals surface area contributed by atoms with Gasteiger partial charge in [-0.05, 0) is 26.7 Å². The van der Waals surface area contributed by atoms with Crippen molar-refractivity contribution in [1.82, 2.24) is 0 Å². The monoisotopic (exact) mass is 318 g/mol. The van der Waals surface area contributed by atoms with Gasteiger partial charge in [-0.1, -0.05) is 12.2 Å². The summed E-state index contributed by atoms with van der Waals surface area (Å²) in [7, 11) is 0. The van der Waals surface area contributed by atoms with Gasteiger partial charge in [-0.25, -0.2) is 0 Å². The third-order valence-corrected chi connectivity index (χ3v) is 5.13. The van der Waals surface area contributed by atoms with Gasteiger partial charge in [-0.15, -0.1) is 12.3 Å². The molecule has 0 bridgehead atoms. The number of terminal acetylenes is 1. The zero-order chi connectivity index (χ0) is 17.3. The number of hydrogen-bond donors (Lipinski definition) is 0. The van der Waals surface area contributed by atoms with Gasteiger partial charge >= 0.3 is 11.9 Å². The van der Waals surface area contributed by atoms with E-state index in [0.29, 0.717) is 12.0 Å². The van der Waals surface area contributed by atoms with Crippen molar-refractivity contribution in [3.05, 3.63) is 12.2 Å². The molecule has 0 aliphatic heterocycles. The molecule has 124 valence electrons. The Morgan fingerprint density at radius 2 is 1.87 bits per heavy atom. The molecule has 23 heavy (non-hydrogen) atoms. The van der Waals surface area contributed by atoms with Crippen molar-refractivity contribution < 1.29 is 23.9 Å². The van der Waals surface area contributed by atoms with E-state index in [1.165, 1.54) is 0 Å². The molecule has 2 unspecified atom stereocenters. The highest BCUT2D eigenvalue weighted by Gasteiger charge is 2.71. The first kappa shape index (κ1) is 17.3. The van der Waals surface area contributed by atoms with E-state index in [2.05, 4.69) is 12.5 Å². The average Bonchev–Trinajstić information content (AvgIpc) is 2.96. The van der Waals surface area contributed by atoms with E-state index in [1.54, 1.807) is 13.8 Å². The van der Waals surface area contributed by atoms with Crippen molar-refractivity contribution in [1.29, 1.82) is 0 Å². The van der Waals surface area contributed by atoms with Crippen molar-refractivity contribution in [2.45, 2.75) is 39.5 Å². The zero-order valence-corrected chi connectivity index (χ0v) is 13.6. The lowest BCUT2D eigenvalue weighted by atomic mass is 9.68. The predicted molar refractivity (Wildman–Crippen MR) is 83.1 cm³/mol. The van der Waals surface area contributed by atoms with E-state index < -0.39 is 28.7 Å². The van der Waals surface area contributed by atoms with Crippen molar-refractivity contribution >= 4 is 17.7 Å². The standard InChI is InChI=1S/C18H22O5/c1-5-10-17-12(4)11-18(15(20)22-6-2,16(21)23-7-3)13(17)8-9-14(17)19/h1,13H,4,6-11H2,2-3H3. The molecule has 0 aromatic rings. The molecule has 2 aliphatic rings. The lowest BCUT2D eigenvalue weighted by Gasteiger charge is -2.33. The fourth-order valence-corrected chi connectivity index (χ4v) is 4.21. The van der Waals surface area contributed by atoms with Crippen LogP contribution in [0.4, 0.5) is 0 Å². The number of ether oxygens (including phenoxy) is 2. The number of fused-ring (bicyclic) bond motifs is 1. The number of rotatable bonds is 5. The van der Waals surface area contributed by atoms with Gasteiger partial charge in [-0.3, -0.25) is 14.4 Å². The third kappa shape index (κ3) is 2.20. The van der Waals surface area contributed by atoms with Crippen LogP contribution in [0.1, 0.15) is 39.5 Å². The minimum atomic E-state index is -1.51. The molecule has 0 N–H and O–H groups in total. The SMILES string of the molecule is C#CCC12C(=C)CC(C(=O)OCC)(C(=O)OCC)C1CCC2=O. The minimum Gasteiger partial charge on any atom is -0.465 e. The van der Waals surface area contributed by atoms with E-state index in [-0.39, 0.29) is 38.3 Å². The Morgan fingerprint density at radius 1 is 1.30 bits per heavy atom. The molecule has 0 saturated heterocycles. The van der Waals surface area contributed by atoms with Crippen LogP contribution in [0.3, 0.4) is 0 Å². The van der Waals surface area contributed by atoms with Gasteiger partial charge in [0.1, 0.15) is 5.78 Å². The molecule has 0 aromatic carbocycles. The highest BCUT2D eigenvalue weighted by molar-refractivity contribution is 6.05. The second-order valence-electron chi connectivity index (χ2n) is 6.06. The smallest absolute Gasteiger partial charge is 0.324 e. The van der Waals surface area contributed by atoms with Crippen molar-refractivity contribution in [2.24, 2.45) is 16.7 Å². The number of esters is 2. The van der Waals surface area contributed by atoms with E-state index in [9.17, 15) is 14.4 Å². The summed E-state index contributed by atoms with van der Waals surface area (Å²) in [5, 5.41) is 0. The summed E-state index contributed by atoms with van der Waals surface area (Å²) in [6.45, 7) is 7.63. The fraction of sp³-hybridized carbons (Fsp3) is 0.611. The van der Waals surface area contributed by atoms with E-state index in [1.807, 2.05) is 0 Å². The third-order valence-electron chi connectivity index (χ3n) is 5.13. The second kappa shape index (κ2) is 6.19. The van der Waals surface area contributed by atoms with Gasteiger partial charge in [-0.2, -0.15) is 0 Å². The average molecular weight is 318 g/mol. The highest BCUT2D eigenvalue weighted by Crippen LogP contribution is 2.65. The van der Waals surface area contributed by atoms with Gasteiger partial charge in [0.2, 0.25) is 0 Å². The van der Waals surface area contributed by atoms with Crippen LogP contribution in [-0.4, -0.2) is 30.9 Å². The Kier molecular flexibility index (Phi) is 4.65. The molecule has 2 rings (SSSR count). The van der Waals surface area contributed by atoms with Gasteiger partial charge in [0.05, 0.1) is 18.6 Å². The minimum absolute atomic E-state index is 0.0408. The number of Topliss-reactive ketones (excluding diaryl/α,β-unsaturated/α-hetero) is 1. The van der Waals surface area contributed by atoms with Crippen LogP contribution in [0.15, 0.2) is 12.2 Å². The normalized spacial score (nSPS) is 28.1. The van der Waals surface area contributed by atoms with Crippen LogP contribution in [0.5, 0.6) is 0 Å². The first-order valence-corrected chi connectivity index (χ1v) is 7.91. The van der Waals surface area contributed by atoms with Crippen LogP contribution in [0, 0.1) is 29.1 Å². The van der Waals surface area contributed by atoms with Gasteiger partial charge in [0, 0.05) is 18.8 Å². The number of carbonyl (C=O) groups excluding carboxylic acids is 3. The summed E-state index contributed by atoms with van der Waals surface area (Å²) in [5.41, 5.74) is -1.97. The van der Waals surface area contributed by atoms with E-state index >= 15 is 0 Å². The van der Waals surface area contributed by atoms with Crippen LogP contribution in [0.2, 0.25) is 0 Å². The van der Waals surface area contributed by atoms with E-state index in [4.69, 9.17) is 15.9 Å². The van der Waals surface area contributed by atoms with Crippen LogP contribution < -0.4 is 0 Å². The summed E-state index contributed by atoms with van der Waals surface area (Å²) in [6.07, 6.45) is 6.37. The summed E-state index contributed by atoms with van der Waals surface area (Å²) in [4.78, 5) is 38.0. The lowest BCUT2D eigenvalue weighted by molar-refractivity contribution is -0.176. The zero-order valence-electron chi connectivity index (χ0n) is 13.6. The highest BCUT2D eigenvalue weighted by atomic mass is 16.6. The molecule has 2 fully saturated rings. The first-order chi connectivity index (χ1) is 10.9. The Labute approximate surface area is 136 Å². The number of ketones is 1. The predicted octanol–water partition coefficient (Wildman–Crippen LogP) is 2.05. The maximum Gasteiger partial charge on any atom is 0.324 e. The largest absolute Gasteiger partial charge is 0.465 e. The summed E-state index contributed by atoms with van der Waals surface area (Å²) in [6, 6.07) is 0. The molecule has 0 heterocycles. The lowest BCUT2D eigenvalue weighted by Crippen LogP contribution is -2.47. The Morgan fingerprint density at radius 3 is 2.35 bits per heavy atom. The van der Waals surface area contributed by atoms with E-state index in [0.717, 1.165) is 0 Å². The molecule has 2 saturated carbocycles. The van der Waals surface area contributed by atoms with Gasteiger partial charge in [0.25, 0.3) is 0 Å². The molecule has 0 aromatic heterocycles. The van der Waals surface area contributed by atoms with Crippen LogP contribution in [0.25, 0.3) is 0 Å². The van der Waals surface area contributed by atoms with Gasteiger partial charge in [0.15, 0.2) is 5.41 Å². The Bertz CT molecular complexity index is 579. The number of allylic oxidation sites excluding steroid dienone is 1. The topological polar surface area (TPSA) is 69.7 Å². The number of hydrogen-bond acceptors (Lipinski definition) is 5. The second-order valence-corrected chi connectivity index (χ2v) is 6.06. The maximum absolute atomic E-state index is 12.7. The molecule has 0 radical (unpaired) electrons. The van der Waals surface area contributed by atoms with Crippen molar-refractivity contribution in [3.63, 3.8) is 0 Å². The molecule has 0 spiro atoms. The van der Waals surface area contributed by atoms with Crippen molar-refractivity contribution in [3.8, 4) is 12.3 Å². The molecule has 0 amide bonds. The van der Waals surface area contributed by atoms with Gasteiger partial charge < -0.3 is 9.47 Å². The van der Waals surface area contributed by atoms with Crippen LogP contribution >= 0.6 is 0 Å². The Balaban J connectivity index is 2.59. The molecule has 2 aliphatic carbocycles. The Hall–Kier alpha value is -2.09. The quantitative estimate of drug-likeness (QED) is 0.336. The number of carbonyl (C=O) groups is 3. The first-order valence-electron chi connectivity index (χ1n) is 7.91. The molecular weight excluding hydrogens is 296 g/mol. The summed E-state index contributed by atoms with van der Waals surface area (Å²) in [5.74, 6) is 0.667.